The smallest absolute Gasteiger partial charge is 0.187 e. The number of allylic oxidation sites excluding steroid dienone is 4. The van der Waals surface area contributed by atoms with E-state index in [0.717, 1.165) is 0 Å². The Balaban J connectivity index is 1.78. The first-order valence-electron chi connectivity index (χ1n) is 8.04. The molecule has 0 radical (unpaired) electrons. The van der Waals surface area contributed by atoms with Crippen LogP contribution >= 0.6 is 0 Å². The molecular formula is C17H22O7. The van der Waals surface area contributed by atoms with Crippen molar-refractivity contribution < 1.29 is 34.7 Å². The minimum atomic E-state index is -1.51. The first-order chi connectivity index (χ1) is 11.5. The number of aliphatic hydroxyl groups excluding tert-OH is 4. The molecule has 1 heterocycles. The van der Waals surface area contributed by atoms with Crippen LogP contribution in [0.1, 0.15) is 6.42 Å². The van der Waals surface area contributed by atoms with Crippen LogP contribution < -0.4 is 0 Å². The zero-order valence-corrected chi connectivity index (χ0v) is 13.0. The van der Waals surface area contributed by atoms with Crippen molar-refractivity contribution in [2.45, 2.75) is 43.2 Å². The Labute approximate surface area is 139 Å². The van der Waals surface area contributed by atoms with Crippen LogP contribution in [0.25, 0.3) is 0 Å². The summed E-state index contributed by atoms with van der Waals surface area (Å²) in [5.74, 6) is -0.736. The molecule has 0 spiro atoms. The number of hydrogen-bond acceptors (Lipinski definition) is 7. The predicted octanol–water partition coefficient (Wildman–Crippen LogP) is -0.941. The summed E-state index contributed by atoms with van der Waals surface area (Å²) in [6.07, 6.45) is 3.95. The van der Waals surface area contributed by atoms with Crippen molar-refractivity contribution in [3.63, 3.8) is 0 Å². The van der Waals surface area contributed by atoms with Gasteiger partial charge in [0.15, 0.2) is 6.29 Å². The summed E-state index contributed by atoms with van der Waals surface area (Å²) in [5, 5.41) is 39.0. The molecule has 8 atom stereocenters. The fraction of sp³-hybridized carbons (Fsp3) is 0.588. The Hall–Kier alpha value is -1.35. The van der Waals surface area contributed by atoms with Gasteiger partial charge >= 0.3 is 0 Å². The van der Waals surface area contributed by atoms with Gasteiger partial charge in [-0.05, 0) is 6.42 Å². The van der Waals surface area contributed by atoms with Gasteiger partial charge in [0.1, 0.15) is 30.2 Å². The first kappa shape index (κ1) is 17.5. The molecule has 1 aliphatic heterocycles. The van der Waals surface area contributed by atoms with E-state index < -0.39 is 49.3 Å². The maximum atomic E-state index is 12.6. The Morgan fingerprint density at radius 3 is 2.58 bits per heavy atom. The molecule has 7 heteroatoms. The van der Waals surface area contributed by atoms with Crippen LogP contribution in [0.2, 0.25) is 0 Å². The summed E-state index contributed by atoms with van der Waals surface area (Å²) in [5.41, 5.74) is 0. The SMILES string of the molecule is O=C1[C@H]2C=CC=C[C@@H]1[C@H](O[C@@H]1O[C@H](CO)[C@@H](O)[C@H](O)[C@H]1O)C=CC2. The molecule has 3 rings (SSSR count). The summed E-state index contributed by atoms with van der Waals surface area (Å²) in [6.45, 7) is -0.528. The molecule has 24 heavy (non-hydrogen) atoms. The lowest BCUT2D eigenvalue weighted by Crippen LogP contribution is -2.60. The molecule has 4 N–H and O–H groups in total. The van der Waals surface area contributed by atoms with Crippen molar-refractivity contribution in [2.24, 2.45) is 11.8 Å². The minimum absolute atomic E-state index is 0.0135. The maximum Gasteiger partial charge on any atom is 0.187 e. The number of aliphatic hydroxyl groups is 4. The molecule has 0 saturated carbocycles. The lowest BCUT2D eigenvalue weighted by Gasteiger charge is -2.41. The van der Waals surface area contributed by atoms with Crippen LogP contribution in [0.15, 0.2) is 36.5 Å². The Morgan fingerprint density at radius 1 is 1.08 bits per heavy atom. The van der Waals surface area contributed by atoms with Gasteiger partial charge in [-0.1, -0.05) is 36.5 Å². The normalized spacial score (nSPS) is 45.1. The summed E-state index contributed by atoms with van der Waals surface area (Å²) in [7, 11) is 0. The average molecular weight is 338 g/mol. The van der Waals surface area contributed by atoms with Crippen LogP contribution in [-0.4, -0.2) is 69.6 Å². The third-order valence-electron chi connectivity index (χ3n) is 4.68. The Morgan fingerprint density at radius 2 is 1.83 bits per heavy atom. The van der Waals surface area contributed by atoms with Crippen molar-refractivity contribution in [1.82, 2.24) is 0 Å². The molecule has 132 valence electrons. The van der Waals surface area contributed by atoms with Gasteiger partial charge in [-0.2, -0.15) is 0 Å². The molecule has 1 fully saturated rings. The molecule has 2 bridgehead atoms. The summed E-state index contributed by atoms with van der Waals surface area (Å²) in [4.78, 5) is 12.6. The van der Waals surface area contributed by atoms with Gasteiger partial charge in [0.2, 0.25) is 0 Å². The number of rotatable bonds is 3. The van der Waals surface area contributed by atoms with E-state index in [1.807, 2.05) is 18.2 Å². The highest BCUT2D eigenvalue weighted by Gasteiger charge is 2.45. The van der Waals surface area contributed by atoms with Gasteiger partial charge in [0.25, 0.3) is 0 Å². The monoisotopic (exact) mass is 338 g/mol. The lowest BCUT2D eigenvalue weighted by atomic mass is 9.90. The molecule has 0 amide bonds. The topological polar surface area (TPSA) is 116 Å². The van der Waals surface area contributed by atoms with E-state index in [1.165, 1.54) is 0 Å². The second-order valence-corrected chi connectivity index (χ2v) is 6.27. The third kappa shape index (κ3) is 3.23. The van der Waals surface area contributed by atoms with E-state index in [4.69, 9.17) is 9.47 Å². The van der Waals surface area contributed by atoms with Crippen molar-refractivity contribution in [2.75, 3.05) is 6.61 Å². The van der Waals surface area contributed by atoms with Crippen LogP contribution in [-0.2, 0) is 14.3 Å². The van der Waals surface area contributed by atoms with E-state index in [-0.39, 0.29) is 11.7 Å². The van der Waals surface area contributed by atoms with Crippen molar-refractivity contribution in [3.05, 3.63) is 36.5 Å². The van der Waals surface area contributed by atoms with E-state index in [0.29, 0.717) is 6.42 Å². The summed E-state index contributed by atoms with van der Waals surface area (Å²) < 4.78 is 11.1. The largest absolute Gasteiger partial charge is 0.394 e. The second-order valence-electron chi connectivity index (χ2n) is 6.27. The van der Waals surface area contributed by atoms with E-state index in [9.17, 15) is 25.2 Å². The highest BCUT2D eigenvalue weighted by Crippen LogP contribution is 2.30. The second kappa shape index (κ2) is 7.26. The van der Waals surface area contributed by atoms with E-state index >= 15 is 0 Å². The minimum Gasteiger partial charge on any atom is -0.394 e. The first-order valence-corrected chi connectivity index (χ1v) is 8.04. The zero-order chi connectivity index (χ0) is 17.3. The molecule has 2 aliphatic carbocycles. The van der Waals surface area contributed by atoms with E-state index in [1.54, 1.807) is 18.2 Å². The third-order valence-corrected chi connectivity index (χ3v) is 4.68. The van der Waals surface area contributed by atoms with Crippen LogP contribution in [0.3, 0.4) is 0 Å². The molecule has 0 aromatic heterocycles. The maximum absolute atomic E-state index is 12.6. The Bertz CT molecular complexity index is 553. The lowest BCUT2D eigenvalue weighted by molar-refractivity contribution is -0.309. The van der Waals surface area contributed by atoms with Crippen molar-refractivity contribution in [3.8, 4) is 0 Å². The molecule has 0 aromatic carbocycles. The van der Waals surface area contributed by atoms with Crippen LogP contribution in [0.5, 0.6) is 0 Å². The highest BCUT2D eigenvalue weighted by molar-refractivity contribution is 5.88. The molecule has 1 saturated heterocycles. The van der Waals surface area contributed by atoms with Crippen LogP contribution in [0, 0.1) is 11.8 Å². The summed E-state index contributed by atoms with van der Waals surface area (Å²) >= 11 is 0. The number of carbonyl (C=O) groups excluding carboxylic acids is 1. The molecule has 7 nitrogen and oxygen atoms in total. The number of hydrogen-bond donors (Lipinski definition) is 4. The number of carbonyl (C=O) groups is 1. The summed E-state index contributed by atoms with van der Waals surface area (Å²) in [6, 6.07) is 0. The van der Waals surface area contributed by atoms with E-state index in [2.05, 4.69) is 0 Å². The predicted molar refractivity (Wildman–Crippen MR) is 82.7 cm³/mol. The standard InChI is InChI=1S/C17H22O7/c18-8-12-14(20)15(21)16(22)17(24-12)23-11-7-3-5-9-4-1-2-6-10(11)13(9)19/h1-4,6-7,9-12,14-18,20-22H,5,8H2/t9-,10+,11+,12+,14+,15-,16+,17+/m0/s1. The average Bonchev–Trinajstić information content (AvgIpc) is 2.85. The van der Waals surface area contributed by atoms with Gasteiger partial charge in [0, 0.05) is 5.92 Å². The number of fused-ring (bicyclic) bond motifs is 2. The van der Waals surface area contributed by atoms with Gasteiger partial charge in [-0.3, -0.25) is 4.79 Å². The fourth-order valence-electron chi connectivity index (χ4n) is 3.23. The molecular weight excluding hydrogens is 316 g/mol. The number of Topliss-reactive ketones (excluding diaryl/α,β-unsaturated/α-hetero) is 1. The van der Waals surface area contributed by atoms with Gasteiger partial charge in [-0.15, -0.1) is 0 Å². The van der Waals surface area contributed by atoms with Gasteiger partial charge in [0.05, 0.1) is 18.6 Å². The molecule has 0 aromatic rings. The molecule has 3 aliphatic rings. The molecule has 0 unspecified atom stereocenters. The van der Waals surface area contributed by atoms with Gasteiger partial charge < -0.3 is 29.9 Å². The Kier molecular flexibility index (Phi) is 5.29. The zero-order valence-electron chi connectivity index (χ0n) is 13.0. The van der Waals surface area contributed by atoms with Crippen LogP contribution in [0.4, 0.5) is 0 Å². The van der Waals surface area contributed by atoms with Gasteiger partial charge in [-0.25, -0.2) is 0 Å². The van der Waals surface area contributed by atoms with Crippen molar-refractivity contribution in [1.29, 1.82) is 0 Å². The fourth-order valence-corrected chi connectivity index (χ4v) is 3.23. The quantitative estimate of drug-likeness (QED) is 0.491. The number of ether oxygens (including phenoxy) is 2. The number of ketones is 1. The van der Waals surface area contributed by atoms with Crippen molar-refractivity contribution >= 4 is 5.78 Å². The highest BCUT2D eigenvalue weighted by atomic mass is 16.7.